The molecule has 94 valence electrons. The van der Waals surface area contributed by atoms with Crippen LogP contribution in [-0.2, 0) is 6.54 Å². The molecule has 0 saturated carbocycles. The van der Waals surface area contributed by atoms with Crippen LogP contribution in [0.3, 0.4) is 0 Å². The molecule has 0 unspecified atom stereocenters. The average molecular weight is 309 g/mol. The first-order valence-corrected chi connectivity index (χ1v) is 6.24. The summed E-state index contributed by atoms with van der Waals surface area (Å²) in [5.74, 6) is -0.201. The molecule has 4 nitrogen and oxygen atoms in total. The Bertz CT molecular complexity index is 573. The van der Waals surface area contributed by atoms with E-state index in [0.29, 0.717) is 12.1 Å². The molecular weight excluding hydrogens is 296 g/mol. The van der Waals surface area contributed by atoms with Gasteiger partial charge in [0, 0.05) is 12.1 Å². The molecule has 0 atom stereocenters. The highest BCUT2D eigenvalue weighted by molar-refractivity contribution is 9.10. The van der Waals surface area contributed by atoms with Gasteiger partial charge in [-0.15, -0.1) is 0 Å². The molecule has 0 amide bonds. The van der Waals surface area contributed by atoms with Gasteiger partial charge in [0.2, 0.25) is 0 Å². The van der Waals surface area contributed by atoms with Crippen LogP contribution in [0, 0.1) is 6.92 Å². The van der Waals surface area contributed by atoms with Crippen LogP contribution in [0.1, 0.15) is 11.3 Å². The van der Waals surface area contributed by atoms with Gasteiger partial charge >= 0.3 is 0 Å². The minimum absolute atomic E-state index is 0.0901. The number of nitrogens with one attached hydrogen (secondary N) is 1. The lowest BCUT2D eigenvalue weighted by Gasteiger charge is -2.10. The maximum absolute atomic E-state index is 9.68. The van der Waals surface area contributed by atoms with Crippen LogP contribution in [0.25, 0.3) is 0 Å². The van der Waals surface area contributed by atoms with E-state index in [2.05, 4.69) is 26.2 Å². The molecule has 2 rings (SSSR count). The molecule has 0 radical (unpaired) electrons. The van der Waals surface area contributed by atoms with Crippen LogP contribution in [0.4, 0.5) is 5.69 Å². The Labute approximate surface area is 113 Å². The SMILES string of the molecule is Cc1nc(Br)ccc1NCc1cccc(O)c1O. The number of para-hydroxylation sites is 1. The fourth-order valence-corrected chi connectivity index (χ4v) is 2.03. The number of rotatable bonds is 3. The van der Waals surface area contributed by atoms with Crippen molar-refractivity contribution in [2.45, 2.75) is 13.5 Å². The molecule has 0 fully saturated rings. The number of nitrogens with zero attached hydrogens (tertiary/aromatic N) is 1. The van der Waals surface area contributed by atoms with E-state index < -0.39 is 0 Å². The summed E-state index contributed by atoms with van der Waals surface area (Å²) in [4.78, 5) is 4.27. The smallest absolute Gasteiger partial charge is 0.162 e. The largest absolute Gasteiger partial charge is 0.504 e. The fourth-order valence-electron chi connectivity index (χ4n) is 1.63. The van der Waals surface area contributed by atoms with Gasteiger partial charge in [-0.05, 0) is 41.1 Å². The lowest BCUT2D eigenvalue weighted by molar-refractivity contribution is 0.400. The summed E-state index contributed by atoms with van der Waals surface area (Å²) >= 11 is 3.30. The monoisotopic (exact) mass is 308 g/mol. The van der Waals surface area contributed by atoms with Crippen molar-refractivity contribution in [2.24, 2.45) is 0 Å². The second kappa shape index (κ2) is 5.27. The highest BCUT2D eigenvalue weighted by Crippen LogP contribution is 2.29. The summed E-state index contributed by atoms with van der Waals surface area (Å²) < 4.78 is 0.783. The number of aromatic nitrogens is 1. The third kappa shape index (κ3) is 2.73. The van der Waals surface area contributed by atoms with Crippen molar-refractivity contribution in [1.29, 1.82) is 0 Å². The second-order valence-corrected chi connectivity index (χ2v) is 4.72. The quantitative estimate of drug-likeness (QED) is 0.602. The van der Waals surface area contributed by atoms with E-state index in [1.807, 2.05) is 19.1 Å². The predicted octanol–water partition coefficient (Wildman–Crippen LogP) is 3.18. The number of aromatic hydroxyl groups is 2. The number of hydrogen-bond donors (Lipinski definition) is 3. The van der Waals surface area contributed by atoms with Crippen LogP contribution < -0.4 is 5.32 Å². The summed E-state index contributed by atoms with van der Waals surface area (Å²) in [6.45, 7) is 2.32. The highest BCUT2D eigenvalue weighted by atomic mass is 79.9. The molecule has 2 aromatic rings. The van der Waals surface area contributed by atoms with Gasteiger partial charge in [0.1, 0.15) is 4.60 Å². The molecule has 0 bridgehead atoms. The molecule has 0 aliphatic rings. The summed E-state index contributed by atoms with van der Waals surface area (Å²) in [5.41, 5.74) is 2.39. The van der Waals surface area contributed by atoms with Crippen molar-refractivity contribution in [3.63, 3.8) is 0 Å². The third-order valence-electron chi connectivity index (χ3n) is 2.62. The zero-order valence-electron chi connectivity index (χ0n) is 9.81. The Kier molecular flexibility index (Phi) is 3.72. The van der Waals surface area contributed by atoms with Gasteiger partial charge in [0.05, 0.1) is 11.4 Å². The Morgan fingerprint density at radius 2 is 2.00 bits per heavy atom. The first kappa shape index (κ1) is 12.7. The number of anilines is 1. The first-order valence-electron chi connectivity index (χ1n) is 5.45. The maximum atomic E-state index is 9.68. The maximum Gasteiger partial charge on any atom is 0.162 e. The number of aryl methyl sites for hydroxylation is 1. The molecule has 1 aromatic heterocycles. The van der Waals surface area contributed by atoms with Gasteiger partial charge in [-0.2, -0.15) is 0 Å². The standard InChI is InChI=1S/C13H13BrN2O2/c1-8-10(5-6-12(14)16-8)15-7-9-3-2-4-11(17)13(9)18/h2-6,15,17-18H,7H2,1H3. The van der Waals surface area contributed by atoms with Crippen molar-refractivity contribution >= 4 is 21.6 Å². The van der Waals surface area contributed by atoms with Gasteiger partial charge in [-0.1, -0.05) is 12.1 Å². The number of hydrogen-bond acceptors (Lipinski definition) is 4. The van der Waals surface area contributed by atoms with Gasteiger partial charge in [-0.25, -0.2) is 4.98 Å². The van der Waals surface area contributed by atoms with Crippen molar-refractivity contribution in [3.05, 3.63) is 46.2 Å². The number of halogens is 1. The first-order chi connectivity index (χ1) is 8.58. The van der Waals surface area contributed by atoms with Crippen LogP contribution in [0.15, 0.2) is 34.9 Å². The zero-order chi connectivity index (χ0) is 13.1. The van der Waals surface area contributed by atoms with E-state index in [9.17, 15) is 10.2 Å². The van der Waals surface area contributed by atoms with Gasteiger partial charge in [0.25, 0.3) is 0 Å². The Balaban J connectivity index is 2.14. The zero-order valence-corrected chi connectivity index (χ0v) is 11.4. The lowest BCUT2D eigenvalue weighted by atomic mass is 10.2. The van der Waals surface area contributed by atoms with E-state index in [1.54, 1.807) is 12.1 Å². The molecule has 0 saturated heterocycles. The summed E-state index contributed by atoms with van der Waals surface area (Å²) in [5, 5.41) is 22.2. The molecule has 5 heteroatoms. The van der Waals surface area contributed by atoms with E-state index in [1.165, 1.54) is 6.07 Å². The minimum atomic E-state index is -0.111. The van der Waals surface area contributed by atoms with Crippen LogP contribution in [-0.4, -0.2) is 15.2 Å². The Hall–Kier alpha value is -1.75. The van der Waals surface area contributed by atoms with E-state index in [-0.39, 0.29) is 11.5 Å². The number of benzene rings is 1. The van der Waals surface area contributed by atoms with Crippen molar-refractivity contribution in [3.8, 4) is 11.5 Å². The average Bonchev–Trinajstić information content (AvgIpc) is 2.33. The minimum Gasteiger partial charge on any atom is -0.504 e. The fraction of sp³-hybridized carbons (Fsp3) is 0.154. The number of phenolic OH excluding ortho intramolecular Hbond substituents is 2. The molecule has 1 heterocycles. The highest BCUT2D eigenvalue weighted by Gasteiger charge is 2.06. The van der Waals surface area contributed by atoms with Crippen molar-refractivity contribution in [2.75, 3.05) is 5.32 Å². The van der Waals surface area contributed by atoms with Gasteiger partial charge < -0.3 is 15.5 Å². The molecule has 3 N–H and O–H groups in total. The van der Waals surface area contributed by atoms with Gasteiger partial charge in [0.15, 0.2) is 11.5 Å². The molecule has 0 aliphatic carbocycles. The van der Waals surface area contributed by atoms with Crippen LogP contribution in [0.2, 0.25) is 0 Å². The van der Waals surface area contributed by atoms with Crippen LogP contribution >= 0.6 is 15.9 Å². The number of phenols is 2. The molecule has 0 spiro atoms. The normalized spacial score (nSPS) is 10.3. The molecular formula is C13H13BrN2O2. The topological polar surface area (TPSA) is 65.4 Å². The van der Waals surface area contributed by atoms with Gasteiger partial charge in [-0.3, -0.25) is 0 Å². The Morgan fingerprint density at radius 3 is 2.72 bits per heavy atom. The predicted molar refractivity (Wildman–Crippen MR) is 73.8 cm³/mol. The third-order valence-corrected chi connectivity index (χ3v) is 3.06. The van der Waals surface area contributed by atoms with E-state index in [4.69, 9.17) is 0 Å². The Morgan fingerprint density at radius 1 is 1.22 bits per heavy atom. The summed E-state index contributed by atoms with van der Waals surface area (Å²) in [6, 6.07) is 8.65. The molecule has 18 heavy (non-hydrogen) atoms. The lowest BCUT2D eigenvalue weighted by Crippen LogP contribution is -2.02. The van der Waals surface area contributed by atoms with Crippen molar-refractivity contribution < 1.29 is 10.2 Å². The summed E-state index contributed by atoms with van der Waals surface area (Å²) in [6.07, 6.45) is 0. The molecule has 1 aromatic carbocycles. The molecule has 0 aliphatic heterocycles. The van der Waals surface area contributed by atoms with Crippen molar-refractivity contribution in [1.82, 2.24) is 4.98 Å². The van der Waals surface area contributed by atoms with Crippen LogP contribution in [0.5, 0.6) is 11.5 Å². The summed E-state index contributed by atoms with van der Waals surface area (Å²) in [7, 11) is 0. The van der Waals surface area contributed by atoms with E-state index in [0.717, 1.165) is 16.0 Å². The second-order valence-electron chi connectivity index (χ2n) is 3.91. The number of pyridine rings is 1. The van der Waals surface area contributed by atoms with E-state index >= 15 is 0 Å².